The zero-order chi connectivity index (χ0) is 25.6. The van der Waals surface area contributed by atoms with Gasteiger partial charge in [0.15, 0.2) is 0 Å². The van der Waals surface area contributed by atoms with E-state index in [4.69, 9.17) is 9.47 Å². The number of aliphatic hydroxyl groups excluding tert-OH is 3. The minimum Gasteiger partial charge on any atom is -0.469 e. The van der Waals surface area contributed by atoms with E-state index in [1.807, 2.05) is 26.8 Å². The summed E-state index contributed by atoms with van der Waals surface area (Å²) in [6, 6.07) is 0. The Bertz CT molecular complexity index is 707. The van der Waals surface area contributed by atoms with Crippen LogP contribution in [0.5, 0.6) is 0 Å². The first-order valence-electron chi connectivity index (χ1n) is 12.6. The second-order valence-corrected chi connectivity index (χ2v) is 10.3. The van der Waals surface area contributed by atoms with Crippen molar-refractivity contribution < 1.29 is 39.1 Å². The number of carbonyl (C=O) groups is 2. The van der Waals surface area contributed by atoms with E-state index in [-0.39, 0.29) is 60.6 Å². The second-order valence-electron chi connectivity index (χ2n) is 10.3. The summed E-state index contributed by atoms with van der Waals surface area (Å²) in [5.74, 6) is -1.06. The predicted octanol–water partition coefficient (Wildman–Crippen LogP) is 2.62. The molecule has 34 heavy (non-hydrogen) atoms. The summed E-state index contributed by atoms with van der Waals surface area (Å²) in [5.41, 5.74) is 0.857. The molecule has 0 saturated heterocycles. The molecule has 0 aromatic heterocycles. The van der Waals surface area contributed by atoms with Crippen LogP contribution in [0.15, 0.2) is 11.6 Å². The molecule has 8 nitrogen and oxygen atoms in total. The molecular formula is C26H44O8. The van der Waals surface area contributed by atoms with Gasteiger partial charge in [-0.2, -0.15) is 0 Å². The van der Waals surface area contributed by atoms with Gasteiger partial charge in [-0.15, -0.1) is 0 Å². The van der Waals surface area contributed by atoms with E-state index in [1.165, 1.54) is 7.11 Å². The molecule has 0 amide bonds. The highest BCUT2D eigenvalue weighted by molar-refractivity contribution is 5.72. The van der Waals surface area contributed by atoms with Crippen molar-refractivity contribution in [1.29, 1.82) is 0 Å². The minimum absolute atomic E-state index is 0.00855. The number of hydrogen-bond donors (Lipinski definition) is 3. The first-order valence-corrected chi connectivity index (χ1v) is 12.6. The number of ether oxygens (including phenoxy) is 3. The zero-order valence-electron chi connectivity index (χ0n) is 21.5. The van der Waals surface area contributed by atoms with Gasteiger partial charge in [-0.25, -0.2) is 0 Å². The fourth-order valence-corrected chi connectivity index (χ4v) is 5.48. The molecule has 10 atom stereocenters. The van der Waals surface area contributed by atoms with Gasteiger partial charge in [0, 0.05) is 13.0 Å². The van der Waals surface area contributed by atoms with Gasteiger partial charge >= 0.3 is 11.9 Å². The average Bonchev–Trinajstić information content (AvgIpc) is 2.80. The number of methoxy groups -OCH3 is 2. The largest absolute Gasteiger partial charge is 0.469 e. The monoisotopic (exact) mass is 484 g/mol. The molecule has 0 aliphatic heterocycles. The van der Waals surface area contributed by atoms with Gasteiger partial charge in [0.2, 0.25) is 0 Å². The molecule has 8 heteroatoms. The molecule has 0 aromatic rings. The van der Waals surface area contributed by atoms with Crippen LogP contribution in [-0.2, 0) is 23.8 Å². The molecule has 0 bridgehead atoms. The van der Waals surface area contributed by atoms with Crippen LogP contribution in [0.4, 0.5) is 0 Å². The van der Waals surface area contributed by atoms with Crippen LogP contribution in [0, 0.1) is 29.6 Å². The Kier molecular flexibility index (Phi) is 11.0. The maximum absolute atomic E-state index is 12.7. The Morgan fingerprint density at radius 3 is 2.44 bits per heavy atom. The van der Waals surface area contributed by atoms with Crippen molar-refractivity contribution in [2.75, 3.05) is 14.2 Å². The summed E-state index contributed by atoms with van der Waals surface area (Å²) in [5, 5.41) is 31.6. The third-order valence-electron chi connectivity index (χ3n) is 7.84. The number of hydrogen-bond acceptors (Lipinski definition) is 8. The maximum atomic E-state index is 12.7. The Balaban J connectivity index is 2.21. The summed E-state index contributed by atoms with van der Waals surface area (Å²) < 4.78 is 16.3. The molecule has 0 aromatic carbocycles. The van der Waals surface area contributed by atoms with E-state index in [0.29, 0.717) is 25.7 Å². The molecule has 2 aliphatic carbocycles. The molecule has 2 rings (SSSR count). The molecular weight excluding hydrogens is 440 g/mol. The van der Waals surface area contributed by atoms with Gasteiger partial charge in [-0.3, -0.25) is 9.59 Å². The molecule has 0 spiro atoms. The molecule has 0 radical (unpaired) electrons. The second kappa shape index (κ2) is 13.0. The average molecular weight is 485 g/mol. The van der Waals surface area contributed by atoms with Crippen LogP contribution in [0.2, 0.25) is 0 Å². The summed E-state index contributed by atoms with van der Waals surface area (Å²) in [6.45, 7) is 7.86. The van der Waals surface area contributed by atoms with Gasteiger partial charge in [0.25, 0.3) is 0 Å². The smallest absolute Gasteiger partial charge is 0.308 e. The zero-order valence-corrected chi connectivity index (χ0v) is 21.5. The lowest BCUT2D eigenvalue weighted by molar-refractivity contribution is -0.162. The van der Waals surface area contributed by atoms with Gasteiger partial charge in [0.1, 0.15) is 6.10 Å². The highest BCUT2D eigenvalue weighted by atomic mass is 16.5. The van der Waals surface area contributed by atoms with Crippen molar-refractivity contribution >= 4 is 11.9 Å². The molecule has 196 valence electrons. The Morgan fingerprint density at radius 1 is 1.18 bits per heavy atom. The first kappa shape index (κ1) is 28.8. The summed E-state index contributed by atoms with van der Waals surface area (Å²) in [6.07, 6.45) is 1.24. The molecule has 3 N–H and O–H groups in total. The van der Waals surface area contributed by atoms with Crippen LogP contribution in [0.1, 0.15) is 66.2 Å². The van der Waals surface area contributed by atoms with Crippen molar-refractivity contribution in [2.45, 2.75) is 96.7 Å². The predicted molar refractivity (Wildman–Crippen MR) is 127 cm³/mol. The van der Waals surface area contributed by atoms with E-state index in [2.05, 4.69) is 11.7 Å². The van der Waals surface area contributed by atoms with Gasteiger partial charge in [0.05, 0.1) is 43.9 Å². The number of rotatable bonds is 11. The van der Waals surface area contributed by atoms with E-state index in [1.54, 1.807) is 7.11 Å². The van der Waals surface area contributed by atoms with E-state index < -0.39 is 24.3 Å². The van der Waals surface area contributed by atoms with Gasteiger partial charge in [-0.1, -0.05) is 33.8 Å². The van der Waals surface area contributed by atoms with Crippen molar-refractivity contribution in [3.8, 4) is 0 Å². The summed E-state index contributed by atoms with van der Waals surface area (Å²) in [7, 11) is 2.91. The molecule has 2 aliphatic rings. The molecule has 1 fully saturated rings. The Hall–Kier alpha value is -1.48. The van der Waals surface area contributed by atoms with Crippen LogP contribution >= 0.6 is 0 Å². The first-order chi connectivity index (χ1) is 16.0. The standard InChI is InChI=1S/C26H44O8/c1-7-14(2)26(31)34-22-10-15(3)25(30)20-13-21(32-5)16(4)19(24(20)22)9-8-17(27)11-18(28)12-23(29)33-6/h13-19,21-22,24-25,27-28,30H,7-12H2,1-6H3. The van der Waals surface area contributed by atoms with E-state index in [9.17, 15) is 24.9 Å². The van der Waals surface area contributed by atoms with Gasteiger partial charge in [-0.05, 0) is 55.4 Å². The van der Waals surface area contributed by atoms with Crippen molar-refractivity contribution in [1.82, 2.24) is 0 Å². The topological polar surface area (TPSA) is 123 Å². The lowest BCUT2D eigenvalue weighted by atomic mass is 9.61. The minimum atomic E-state index is -0.977. The van der Waals surface area contributed by atoms with Crippen molar-refractivity contribution in [3.05, 3.63) is 11.6 Å². The Morgan fingerprint density at radius 2 is 1.85 bits per heavy atom. The van der Waals surface area contributed by atoms with E-state index >= 15 is 0 Å². The van der Waals surface area contributed by atoms with Crippen LogP contribution < -0.4 is 0 Å². The summed E-state index contributed by atoms with van der Waals surface area (Å²) in [4.78, 5) is 24.1. The van der Waals surface area contributed by atoms with Gasteiger partial charge < -0.3 is 29.5 Å². The number of esters is 2. The Labute approximate surface area is 203 Å². The third kappa shape index (κ3) is 7.03. The third-order valence-corrected chi connectivity index (χ3v) is 7.84. The molecule has 10 unspecified atom stereocenters. The van der Waals surface area contributed by atoms with Crippen molar-refractivity contribution in [2.24, 2.45) is 29.6 Å². The lowest BCUT2D eigenvalue weighted by Gasteiger charge is -2.49. The number of aliphatic hydroxyl groups is 3. The van der Waals surface area contributed by atoms with Crippen LogP contribution in [0.25, 0.3) is 0 Å². The maximum Gasteiger partial charge on any atom is 0.308 e. The van der Waals surface area contributed by atoms with Crippen LogP contribution in [0.3, 0.4) is 0 Å². The highest BCUT2D eigenvalue weighted by Crippen LogP contribution is 2.48. The highest BCUT2D eigenvalue weighted by Gasteiger charge is 2.49. The number of carbonyl (C=O) groups excluding carboxylic acids is 2. The van der Waals surface area contributed by atoms with E-state index in [0.717, 1.165) is 5.57 Å². The van der Waals surface area contributed by atoms with Crippen LogP contribution in [-0.4, -0.2) is 72.0 Å². The SMILES string of the molecule is CCC(C)C(=O)OC1CC(C)C(O)C2=CC(OC)C(C)C(CCC(O)CC(O)CC(=O)OC)C21. The molecule has 1 saturated carbocycles. The van der Waals surface area contributed by atoms with Crippen molar-refractivity contribution in [3.63, 3.8) is 0 Å². The fourth-order valence-electron chi connectivity index (χ4n) is 5.48. The summed E-state index contributed by atoms with van der Waals surface area (Å²) >= 11 is 0. The normalized spacial score (nSPS) is 33.8. The lowest BCUT2D eigenvalue weighted by Crippen LogP contribution is -2.51. The quantitative estimate of drug-likeness (QED) is 0.302. The number of fused-ring (bicyclic) bond motifs is 1. The molecule has 0 heterocycles. The fraction of sp³-hybridized carbons (Fsp3) is 0.846.